The normalized spacial score (nSPS) is 10.7. The molecule has 1 aromatic carbocycles. The van der Waals surface area contributed by atoms with Gasteiger partial charge in [-0.05, 0) is 51.5 Å². The molecule has 0 aliphatic heterocycles. The molecule has 2 rings (SSSR count). The van der Waals surface area contributed by atoms with Crippen molar-refractivity contribution in [3.8, 4) is 5.75 Å². The first-order valence-corrected chi connectivity index (χ1v) is 8.96. The van der Waals surface area contributed by atoms with Gasteiger partial charge in [-0.15, -0.1) is 0 Å². The zero-order valence-corrected chi connectivity index (χ0v) is 17.1. The maximum absolute atomic E-state index is 13.0. The van der Waals surface area contributed by atoms with Crippen LogP contribution in [0.25, 0.3) is 0 Å². The minimum absolute atomic E-state index is 0.103. The molecule has 0 radical (unpaired) electrons. The lowest BCUT2D eigenvalue weighted by Crippen LogP contribution is -2.41. The molecule has 1 heterocycles. The molecule has 0 fully saturated rings. The molecule has 0 aliphatic rings. The second-order valence-corrected chi connectivity index (χ2v) is 6.80. The number of hydrogen-bond acceptors (Lipinski definition) is 5. The van der Waals surface area contributed by atoms with E-state index >= 15 is 0 Å². The Morgan fingerprint density at radius 1 is 1.14 bits per heavy atom. The van der Waals surface area contributed by atoms with Gasteiger partial charge in [0.05, 0.1) is 20.8 Å². The topological polar surface area (TPSA) is 88.7 Å². The number of Topliss-reactive ketones (excluding diaryl/α,β-unsaturated/α-hetero) is 1. The fourth-order valence-corrected chi connectivity index (χ4v) is 3.12. The molecule has 7 heteroatoms. The van der Waals surface area contributed by atoms with Crippen LogP contribution in [0.15, 0.2) is 24.3 Å². The van der Waals surface area contributed by atoms with E-state index in [0.29, 0.717) is 28.1 Å². The fourth-order valence-electron chi connectivity index (χ4n) is 3.12. The van der Waals surface area contributed by atoms with Gasteiger partial charge in [-0.25, -0.2) is 4.79 Å². The highest BCUT2D eigenvalue weighted by molar-refractivity contribution is 6.05. The Morgan fingerprint density at radius 2 is 1.82 bits per heavy atom. The number of aryl methyl sites for hydroxylation is 1. The highest BCUT2D eigenvalue weighted by Crippen LogP contribution is 2.21. The summed E-state index contributed by atoms with van der Waals surface area (Å²) in [5.41, 5.74) is 2.19. The number of nitrogens with one attached hydrogen (secondary N) is 1. The van der Waals surface area contributed by atoms with Crippen LogP contribution in [0.5, 0.6) is 5.75 Å². The number of carbonyl (C=O) groups is 3. The largest absolute Gasteiger partial charge is 0.497 e. The summed E-state index contributed by atoms with van der Waals surface area (Å²) in [6.07, 6.45) is 0. The summed E-state index contributed by atoms with van der Waals surface area (Å²) in [5, 5.41) is 0. The summed E-state index contributed by atoms with van der Waals surface area (Å²) in [6, 6.07) is 6.62. The van der Waals surface area contributed by atoms with Gasteiger partial charge in [0.25, 0.3) is 5.91 Å². The number of nitrogens with zero attached hydrogens (tertiary/aromatic N) is 1. The standard InChI is InChI=1S/C21H26N2O5/c1-12(2)23(20(25)15-8-7-9-16(10-15)27-5)11-17(24)18-13(3)19(21(26)28-6)22-14(18)4/h7-10,12,22H,11H2,1-6H3. The maximum atomic E-state index is 13.0. The van der Waals surface area contributed by atoms with E-state index in [2.05, 4.69) is 4.98 Å². The lowest BCUT2D eigenvalue weighted by molar-refractivity contribution is 0.0593. The SMILES string of the molecule is COC(=O)c1[nH]c(C)c(C(=O)CN(C(=O)c2cccc(OC)c2)C(C)C)c1C. The zero-order valence-electron chi connectivity index (χ0n) is 17.1. The highest BCUT2D eigenvalue weighted by Gasteiger charge is 2.27. The average Bonchev–Trinajstić information content (AvgIpc) is 2.98. The van der Waals surface area contributed by atoms with Gasteiger partial charge >= 0.3 is 5.97 Å². The van der Waals surface area contributed by atoms with Crippen molar-refractivity contribution in [3.63, 3.8) is 0 Å². The molecule has 0 spiro atoms. The zero-order chi connectivity index (χ0) is 21.0. The fraction of sp³-hybridized carbons (Fsp3) is 0.381. The minimum atomic E-state index is -0.534. The summed E-state index contributed by atoms with van der Waals surface area (Å²) < 4.78 is 9.92. The predicted octanol–water partition coefficient (Wildman–Crippen LogP) is 3.16. The van der Waals surface area contributed by atoms with Crippen molar-refractivity contribution in [1.29, 1.82) is 0 Å². The van der Waals surface area contributed by atoms with Gasteiger partial charge in [-0.1, -0.05) is 6.07 Å². The second-order valence-electron chi connectivity index (χ2n) is 6.80. The number of esters is 1. The first kappa shape index (κ1) is 21.2. The summed E-state index contributed by atoms with van der Waals surface area (Å²) in [6.45, 7) is 7.00. The van der Waals surface area contributed by atoms with Crippen molar-refractivity contribution in [2.24, 2.45) is 0 Å². The number of aromatic amines is 1. The monoisotopic (exact) mass is 386 g/mol. The number of rotatable bonds is 7. The third kappa shape index (κ3) is 4.24. The Hall–Kier alpha value is -3.09. The van der Waals surface area contributed by atoms with Crippen molar-refractivity contribution in [2.75, 3.05) is 20.8 Å². The lowest BCUT2D eigenvalue weighted by Gasteiger charge is -2.26. The van der Waals surface area contributed by atoms with Crippen LogP contribution >= 0.6 is 0 Å². The van der Waals surface area contributed by atoms with Crippen LogP contribution in [0.4, 0.5) is 0 Å². The molecular weight excluding hydrogens is 360 g/mol. The number of ketones is 1. The van der Waals surface area contributed by atoms with E-state index in [1.807, 2.05) is 13.8 Å². The second kappa shape index (κ2) is 8.73. The van der Waals surface area contributed by atoms with E-state index in [1.54, 1.807) is 38.1 Å². The molecule has 7 nitrogen and oxygen atoms in total. The number of methoxy groups -OCH3 is 2. The molecule has 28 heavy (non-hydrogen) atoms. The molecule has 0 saturated heterocycles. The van der Waals surface area contributed by atoms with Crippen molar-refractivity contribution >= 4 is 17.7 Å². The van der Waals surface area contributed by atoms with Gasteiger partial charge in [0.2, 0.25) is 0 Å². The summed E-state index contributed by atoms with van der Waals surface area (Å²) in [7, 11) is 2.82. The van der Waals surface area contributed by atoms with Crippen LogP contribution in [0.2, 0.25) is 0 Å². The van der Waals surface area contributed by atoms with Crippen LogP contribution in [0.3, 0.4) is 0 Å². The van der Waals surface area contributed by atoms with Crippen LogP contribution in [-0.4, -0.2) is 54.3 Å². The maximum Gasteiger partial charge on any atom is 0.354 e. The molecule has 0 unspecified atom stereocenters. The molecule has 150 valence electrons. The molecule has 0 atom stereocenters. The van der Waals surface area contributed by atoms with Crippen molar-refractivity contribution < 1.29 is 23.9 Å². The first-order valence-electron chi connectivity index (χ1n) is 8.96. The number of benzene rings is 1. The molecular formula is C21H26N2O5. The van der Waals surface area contributed by atoms with E-state index in [0.717, 1.165) is 0 Å². The Morgan fingerprint density at radius 3 is 2.39 bits per heavy atom. The molecule has 1 amide bonds. The van der Waals surface area contributed by atoms with E-state index < -0.39 is 5.97 Å². The summed E-state index contributed by atoms with van der Waals surface area (Å²) in [4.78, 5) is 42.3. The molecule has 0 saturated carbocycles. The first-order chi connectivity index (χ1) is 13.2. The van der Waals surface area contributed by atoms with Crippen LogP contribution in [-0.2, 0) is 4.74 Å². The quantitative estimate of drug-likeness (QED) is 0.583. The highest BCUT2D eigenvalue weighted by atomic mass is 16.5. The van der Waals surface area contributed by atoms with Gasteiger partial charge in [0.1, 0.15) is 11.4 Å². The number of hydrogen-bond donors (Lipinski definition) is 1. The molecule has 1 aromatic heterocycles. The van der Waals surface area contributed by atoms with E-state index in [9.17, 15) is 14.4 Å². The van der Waals surface area contributed by atoms with Gasteiger partial charge in [-0.2, -0.15) is 0 Å². The van der Waals surface area contributed by atoms with Crippen molar-refractivity contribution in [3.05, 3.63) is 52.3 Å². The number of H-pyrrole nitrogens is 1. The Kier molecular flexibility index (Phi) is 6.62. The van der Waals surface area contributed by atoms with Gasteiger partial charge < -0.3 is 19.4 Å². The van der Waals surface area contributed by atoms with E-state index in [1.165, 1.54) is 19.1 Å². The molecule has 0 aliphatic carbocycles. The van der Waals surface area contributed by atoms with Gasteiger partial charge in [0, 0.05) is 22.9 Å². The van der Waals surface area contributed by atoms with Gasteiger partial charge in [0.15, 0.2) is 5.78 Å². The summed E-state index contributed by atoms with van der Waals surface area (Å²) >= 11 is 0. The summed E-state index contributed by atoms with van der Waals surface area (Å²) in [5.74, 6) is -0.471. The van der Waals surface area contributed by atoms with Crippen LogP contribution < -0.4 is 4.74 Å². The van der Waals surface area contributed by atoms with Crippen LogP contribution in [0.1, 0.15) is 56.3 Å². The molecule has 0 bridgehead atoms. The van der Waals surface area contributed by atoms with E-state index in [-0.39, 0.29) is 30.0 Å². The van der Waals surface area contributed by atoms with Crippen molar-refractivity contribution in [1.82, 2.24) is 9.88 Å². The minimum Gasteiger partial charge on any atom is -0.497 e. The molecule has 1 N–H and O–H groups in total. The third-order valence-electron chi connectivity index (χ3n) is 4.62. The number of aromatic nitrogens is 1. The third-order valence-corrected chi connectivity index (χ3v) is 4.62. The number of carbonyl (C=O) groups excluding carboxylic acids is 3. The Bertz CT molecular complexity index is 898. The smallest absolute Gasteiger partial charge is 0.354 e. The van der Waals surface area contributed by atoms with E-state index in [4.69, 9.17) is 9.47 Å². The van der Waals surface area contributed by atoms with Gasteiger partial charge in [-0.3, -0.25) is 9.59 Å². The predicted molar refractivity (Wildman–Crippen MR) is 105 cm³/mol. The van der Waals surface area contributed by atoms with Crippen LogP contribution in [0, 0.1) is 13.8 Å². The number of amides is 1. The lowest BCUT2D eigenvalue weighted by atomic mass is 10.0. The van der Waals surface area contributed by atoms with Crippen molar-refractivity contribution in [2.45, 2.75) is 33.7 Å². The molecule has 2 aromatic rings. The Labute approximate surface area is 164 Å². The Balaban J connectivity index is 2.32. The average molecular weight is 386 g/mol. The number of ether oxygens (including phenoxy) is 2.